The molecule has 0 bridgehead atoms. The molecular formula is C13H19N3O. The van der Waals surface area contributed by atoms with E-state index in [0.717, 1.165) is 30.8 Å². The summed E-state index contributed by atoms with van der Waals surface area (Å²) in [5, 5.41) is 0. The second kappa shape index (κ2) is 4.65. The highest BCUT2D eigenvalue weighted by Gasteiger charge is 2.32. The van der Waals surface area contributed by atoms with Crippen LogP contribution in [0.3, 0.4) is 0 Å². The van der Waals surface area contributed by atoms with E-state index in [1.165, 1.54) is 0 Å². The Morgan fingerprint density at radius 2 is 2.12 bits per heavy atom. The number of anilines is 2. The highest BCUT2D eigenvalue weighted by Crippen LogP contribution is 2.30. The molecule has 2 rings (SSSR count). The average molecular weight is 233 g/mol. The van der Waals surface area contributed by atoms with Crippen molar-refractivity contribution in [2.24, 2.45) is 0 Å². The molecule has 0 unspecified atom stereocenters. The Morgan fingerprint density at radius 1 is 1.41 bits per heavy atom. The number of nitrogens with zero attached hydrogens (tertiary/aromatic N) is 2. The fourth-order valence-electron chi connectivity index (χ4n) is 2.36. The van der Waals surface area contributed by atoms with Gasteiger partial charge in [0, 0.05) is 20.6 Å². The first-order chi connectivity index (χ1) is 8.11. The summed E-state index contributed by atoms with van der Waals surface area (Å²) in [6, 6.07) is 7.68. The fourth-order valence-corrected chi connectivity index (χ4v) is 2.36. The lowest BCUT2D eigenvalue weighted by Crippen LogP contribution is -2.43. The summed E-state index contributed by atoms with van der Waals surface area (Å²) < 4.78 is 0. The number of rotatable bonds is 2. The summed E-state index contributed by atoms with van der Waals surface area (Å²) in [5.74, 6) is 0.158. The number of nitrogens with two attached hydrogens (primary N) is 1. The number of carbonyl (C=O) groups is 1. The normalized spacial score (nSPS) is 19.4. The number of carbonyl (C=O) groups excluding carboxylic acids is 1. The monoisotopic (exact) mass is 233 g/mol. The molecule has 1 aliphatic heterocycles. The number of hydrogen-bond donors (Lipinski definition) is 1. The lowest BCUT2D eigenvalue weighted by molar-refractivity contribution is -0.129. The molecule has 1 atom stereocenters. The van der Waals surface area contributed by atoms with E-state index in [1.807, 2.05) is 24.3 Å². The van der Waals surface area contributed by atoms with E-state index < -0.39 is 0 Å². The number of likely N-dealkylation sites (N-methyl/N-ethyl adjacent to an activating group) is 1. The quantitative estimate of drug-likeness (QED) is 0.784. The van der Waals surface area contributed by atoms with E-state index in [1.54, 1.807) is 19.0 Å². The predicted molar refractivity (Wildman–Crippen MR) is 69.9 cm³/mol. The van der Waals surface area contributed by atoms with E-state index in [4.69, 9.17) is 5.73 Å². The van der Waals surface area contributed by atoms with Gasteiger partial charge in [0.1, 0.15) is 6.04 Å². The first-order valence-corrected chi connectivity index (χ1v) is 5.93. The van der Waals surface area contributed by atoms with E-state index in [2.05, 4.69) is 4.90 Å². The maximum atomic E-state index is 12.1. The van der Waals surface area contributed by atoms with Crippen LogP contribution in [0.5, 0.6) is 0 Å². The second-order valence-corrected chi connectivity index (χ2v) is 4.64. The fraction of sp³-hybridized carbons (Fsp3) is 0.462. The first-order valence-electron chi connectivity index (χ1n) is 5.93. The Kier molecular flexibility index (Phi) is 3.22. The molecule has 1 heterocycles. The van der Waals surface area contributed by atoms with Crippen LogP contribution in [0, 0.1) is 0 Å². The molecule has 0 radical (unpaired) electrons. The third-order valence-electron chi connectivity index (χ3n) is 3.22. The Morgan fingerprint density at radius 3 is 2.76 bits per heavy atom. The van der Waals surface area contributed by atoms with Crippen molar-refractivity contribution in [2.45, 2.75) is 18.9 Å². The Labute approximate surface area is 102 Å². The van der Waals surface area contributed by atoms with Crippen LogP contribution in [-0.2, 0) is 4.79 Å². The average Bonchev–Trinajstić information content (AvgIpc) is 2.77. The smallest absolute Gasteiger partial charge is 0.244 e. The summed E-state index contributed by atoms with van der Waals surface area (Å²) in [7, 11) is 3.60. The SMILES string of the molecule is CN(C)C(=O)[C@@H]1CCCN1c1ccccc1N. The zero-order chi connectivity index (χ0) is 12.4. The molecule has 1 aromatic rings. The lowest BCUT2D eigenvalue weighted by Gasteiger charge is -2.28. The van der Waals surface area contributed by atoms with Gasteiger partial charge in [0.2, 0.25) is 5.91 Å². The van der Waals surface area contributed by atoms with Gasteiger partial charge in [-0.3, -0.25) is 4.79 Å². The molecule has 0 aromatic heterocycles. The molecule has 1 aliphatic rings. The van der Waals surface area contributed by atoms with Crippen LogP contribution in [0.4, 0.5) is 11.4 Å². The summed E-state index contributed by atoms with van der Waals surface area (Å²) in [4.78, 5) is 15.9. The number of para-hydroxylation sites is 2. The molecule has 1 amide bonds. The molecule has 92 valence electrons. The number of amides is 1. The third kappa shape index (κ3) is 2.20. The number of hydrogen-bond acceptors (Lipinski definition) is 3. The second-order valence-electron chi connectivity index (χ2n) is 4.64. The van der Waals surface area contributed by atoms with Gasteiger partial charge in [-0.15, -0.1) is 0 Å². The van der Waals surface area contributed by atoms with Crippen molar-refractivity contribution in [3.8, 4) is 0 Å². The van der Waals surface area contributed by atoms with Gasteiger partial charge in [-0.1, -0.05) is 12.1 Å². The van der Waals surface area contributed by atoms with Gasteiger partial charge in [-0.25, -0.2) is 0 Å². The first kappa shape index (κ1) is 11.8. The zero-order valence-electron chi connectivity index (χ0n) is 10.4. The standard InChI is InChI=1S/C13H19N3O/c1-15(2)13(17)12-8-5-9-16(12)11-7-4-3-6-10(11)14/h3-4,6-7,12H,5,8-9,14H2,1-2H3/t12-/m0/s1. The highest BCUT2D eigenvalue weighted by molar-refractivity contribution is 5.87. The largest absolute Gasteiger partial charge is 0.397 e. The van der Waals surface area contributed by atoms with Crippen molar-refractivity contribution in [2.75, 3.05) is 31.3 Å². The van der Waals surface area contributed by atoms with Crippen LogP contribution in [-0.4, -0.2) is 37.5 Å². The van der Waals surface area contributed by atoms with Gasteiger partial charge in [0.05, 0.1) is 11.4 Å². The zero-order valence-corrected chi connectivity index (χ0v) is 10.4. The summed E-state index contributed by atoms with van der Waals surface area (Å²) >= 11 is 0. The van der Waals surface area contributed by atoms with Crippen molar-refractivity contribution < 1.29 is 4.79 Å². The van der Waals surface area contributed by atoms with E-state index >= 15 is 0 Å². The van der Waals surface area contributed by atoms with Gasteiger partial charge in [-0.2, -0.15) is 0 Å². The van der Waals surface area contributed by atoms with E-state index in [-0.39, 0.29) is 11.9 Å². The van der Waals surface area contributed by atoms with Crippen molar-refractivity contribution in [3.63, 3.8) is 0 Å². The van der Waals surface area contributed by atoms with Crippen LogP contribution in [0.2, 0.25) is 0 Å². The number of nitrogen functional groups attached to an aromatic ring is 1. The molecule has 1 aromatic carbocycles. The number of benzene rings is 1. The van der Waals surface area contributed by atoms with E-state index in [9.17, 15) is 4.79 Å². The van der Waals surface area contributed by atoms with Crippen LogP contribution < -0.4 is 10.6 Å². The minimum Gasteiger partial charge on any atom is -0.397 e. The molecule has 1 saturated heterocycles. The molecule has 4 heteroatoms. The van der Waals surface area contributed by atoms with Crippen molar-refractivity contribution in [1.29, 1.82) is 0 Å². The lowest BCUT2D eigenvalue weighted by atomic mass is 10.1. The molecule has 0 saturated carbocycles. The molecule has 4 nitrogen and oxygen atoms in total. The van der Waals surface area contributed by atoms with Crippen molar-refractivity contribution in [3.05, 3.63) is 24.3 Å². The molecule has 2 N–H and O–H groups in total. The Balaban J connectivity index is 2.26. The highest BCUT2D eigenvalue weighted by atomic mass is 16.2. The van der Waals surface area contributed by atoms with Crippen molar-refractivity contribution >= 4 is 17.3 Å². The van der Waals surface area contributed by atoms with Crippen LogP contribution in [0.15, 0.2) is 24.3 Å². The predicted octanol–water partition coefficient (Wildman–Crippen LogP) is 1.33. The summed E-state index contributed by atoms with van der Waals surface area (Å²) in [6.07, 6.45) is 1.95. The summed E-state index contributed by atoms with van der Waals surface area (Å²) in [6.45, 7) is 0.901. The molecule has 0 spiro atoms. The maximum Gasteiger partial charge on any atom is 0.244 e. The van der Waals surface area contributed by atoms with Gasteiger partial charge in [0.25, 0.3) is 0 Å². The Hall–Kier alpha value is -1.71. The molecule has 1 fully saturated rings. The van der Waals surface area contributed by atoms with E-state index in [0.29, 0.717) is 0 Å². The third-order valence-corrected chi connectivity index (χ3v) is 3.22. The maximum absolute atomic E-state index is 12.1. The van der Waals surface area contributed by atoms with Gasteiger partial charge in [0.15, 0.2) is 0 Å². The molecule has 0 aliphatic carbocycles. The summed E-state index contributed by atoms with van der Waals surface area (Å²) in [5.41, 5.74) is 7.69. The molecule has 17 heavy (non-hydrogen) atoms. The topological polar surface area (TPSA) is 49.6 Å². The minimum atomic E-state index is -0.0605. The van der Waals surface area contributed by atoms with Crippen LogP contribution in [0.25, 0.3) is 0 Å². The van der Waals surface area contributed by atoms with Gasteiger partial charge in [-0.05, 0) is 25.0 Å². The Bertz CT molecular complexity index is 417. The minimum absolute atomic E-state index is 0.0605. The van der Waals surface area contributed by atoms with Gasteiger partial charge < -0.3 is 15.5 Å². The van der Waals surface area contributed by atoms with Gasteiger partial charge >= 0.3 is 0 Å². The van der Waals surface area contributed by atoms with Crippen LogP contribution >= 0.6 is 0 Å². The van der Waals surface area contributed by atoms with Crippen LogP contribution in [0.1, 0.15) is 12.8 Å². The van der Waals surface area contributed by atoms with Crippen molar-refractivity contribution in [1.82, 2.24) is 4.90 Å². The molecular weight excluding hydrogens is 214 g/mol.